The minimum atomic E-state index is -0.896. The fourth-order valence-electron chi connectivity index (χ4n) is 2.55. The van der Waals surface area contributed by atoms with E-state index < -0.39 is 17.9 Å². The first-order valence-electron chi connectivity index (χ1n) is 7.89. The number of nitrogens with one attached hydrogen (secondary N) is 4. The predicted octanol–water partition coefficient (Wildman–Crippen LogP) is 0.632. The zero-order valence-electron chi connectivity index (χ0n) is 13.3. The van der Waals surface area contributed by atoms with Gasteiger partial charge < -0.3 is 10.6 Å². The second-order valence-corrected chi connectivity index (χ2v) is 5.61. The average molecular weight is 343 g/mol. The van der Waals surface area contributed by atoms with Crippen LogP contribution in [0.3, 0.4) is 0 Å². The topological polar surface area (TPSA) is 95.2 Å². The Morgan fingerprint density at radius 2 is 2.04 bits per heavy atom. The first-order chi connectivity index (χ1) is 12.1. The Balaban J connectivity index is 1.78. The minimum absolute atomic E-state index is 0.0990. The number of pyridine rings is 1. The maximum Gasteiger partial charge on any atom is 0.252 e. The molecule has 25 heavy (non-hydrogen) atoms. The number of hydrogen-bond acceptors (Lipinski definition) is 5. The van der Waals surface area contributed by atoms with Crippen LogP contribution in [0.15, 0.2) is 48.7 Å². The molecule has 1 saturated heterocycles. The van der Waals surface area contributed by atoms with Gasteiger partial charge in [-0.05, 0) is 18.1 Å². The summed E-state index contributed by atoms with van der Waals surface area (Å²) >= 11 is 0. The number of carbonyl (C=O) groups is 2. The molecule has 130 valence electrons. The largest absolute Gasteiger partial charge is 0.337 e. The van der Waals surface area contributed by atoms with E-state index >= 15 is 0 Å². The lowest BCUT2D eigenvalue weighted by atomic mass is 10.1. The van der Waals surface area contributed by atoms with Gasteiger partial charge in [-0.1, -0.05) is 30.3 Å². The Morgan fingerprint density at radius 1 is 1.24 bits per heavy atom. The molecule has 1 aromatic heterocycles. The van der Waals surface area contributed by atoms with Crippen LogP contribution in [0.25, 0.3) is 0 Å². The molecule has 0 saturated carbocycles. The van der Waals surface area contributed by atoms with Gasteiger partial charge in [-0.15, -0.1) is 0 Å². The number of hydrogen-bond donors (Lipinski definition) is 4. The summed E-state index contributed by atoms with van der Waals surface area (Å²) in [5.74, 6) is -1.66. The van der Waals surface area contributed by atoms with Crippen molar-refractivity contribution in [2.45, 2.75) is 18.6 Å². The molecule has 1 aliphatic heterocycles. The monoisotopic (exact) mass is 343 g/mol. The van der Waals surface area contributed by atoms with Crippen LogP contribution >= 0.6 is 0 Å². The van der Waals surface area contributed by atoms with Crippen LogP contribution in [-0.2, 0) is 4.79 Å². The number of amides is 2. The summed E-state index contributed by atoms with van der Waals surface area (Å²) in [5, 5.41) is 5.49. The fraction of sp³-hybridized carbons (Fsp3) is 0.235. The van der Waals surface area contributed by atoms with E-state index in [-0.39, 0.29) is 17.6 Å². The van der Waals surface area contributed by atoms with Gasteiger partial charge in [0.2, 0.25) is 11.9 Å². The van der Waals surface area contributed by atoms with Gasteiger partial charge in [-0.25, -0.2) is 10.4 Å². The molecule has 7 nitrogen and oxygen atoms in total. The molecule has 4 N–H and O–H groups in total. The molecule has 0 radical (unpaired) electrons. The zero-order chi connectivity index (χ0) is 17.6. The number of aromatic nitrogens is 1. The molecule has 3 rings (SSSR count). The van der Waals surface area contributed by atoms with Gasteiger partial charge in [0.1, 0.15) is 6.04 Å². The quantitative estimate of drug-likeness (QED) is 0.598. The molecule has 1 fully saturated rings. The molecule has 2 atom stereocenters. The van der Waals surface area contributed by atoms with E-state index in [9.17, 15) is 14.0 Å². The first-order valence-corrected chi connectivity index (χ1v) is 7.89. The van der Waals surface area contributed by atoms with Gasteiger partial charge in [0.15, 0.2) is 0 Å². The third-order valence-corrected chi connectivity index (χ3v) is 3.81. The van der Waals surface area contributed by atoms with Crippen molar-refractivity contribution < 1.29 is 14.0 Å². The first kappa shape index (κ1) is 17.0. The van der Waals surface area contributed by atoms with Crippen LogP contribution in [0.1, 0.15) is 28.4 Å². The Morgan fingerprint density at radius 3 is 2.72 bits per heavy atom. The van der Waals surface area contributed by atoms with Gasteiger partial charge in [0.05, 0.1) is 6.17 Å². The van der Waals surface area contributed by atoms with E-state index in [2.05, 4.69) is 26.5 Å². The van der Waals surface area contributed by atoms with Crippen molar-refractivity contribution >= 4 is 11.8 Å². The number of carbonyl (C=O) groups excluding carboxylic acids is 2. The number of halogens is 1. The van der Waals surface area contributed by atoms with E-state index in [4.69, 9.17) is 0 Å². The molecule has 8 heteroatoms. The van der Waals surface area contributed by atoms with Crippen molar-refractivity contribution in [1.82, 2.24) is 26.5 Å². The number of benzene rings is 1. The van der Waals surface area contributed by atoms with E-state index in [0.717, 1.165) is 19.0 Å². The highest BCUT2D eigenvalue weighted by atomic mass is 19.1. The molecule has 2 aromatic rings. The highest BCUT2D eigenvalue weighted by Gasteiger charge is 2.26. The number of rotatable bonds is 5. The van der Waals surface area contributed by atoms with Gasteiger partial charge in [-0.2, -0.15) is 4.39 Å². The summed E-state index contributed by atoms with van der Waals surface area (Å²) in [5.41, 5.74) is 6.59. The van der Waals surface area contributed by atoms with Crippen LogP contribution < -0.4 is 21.5 Å². The van der Waals surface area contributed by atoms with Crippen LogP contribution in [0, 0.1) is 5.95 Å². The lowest BCUT2D eigenvalue weighted by molar-refractivity contribution is -0.124. The molecule has 0 bridgehead atoms. The lowest BCUT2D eigenvalue weighted by Crippen LogP contribution is -2.49. The molecular weight excluding hydrogens is 325 g/mol. The average Bonchev–Trinajstić information content (AvgIpc) is 3.13. The summed E-state index contributed by atoms with van der Waals surface area (Å²) < 4.78 is 13.2. The third-order valence-electron chi connectivity index (χ3n) is 3.81. The Labute approximate surface area is 144 Å². The Kier molecular flexibility index (Phi) is 5.32. The molecule has 2 heterocycles. The SMILES string of the molecule is O=C(NC(C(=O)NC1CCNN1)c1ccccc1)c1ccnc(F)c1. The lowest BCUT2D eigenvalue weighted by Gasteiger charge is -2.21. The van der Waals surface area contributed by atoms with E-state index in [0.29, 0.717) is 5.56 Å². The van der Waals surface area contributed by atoms with Crippen molar-refractivity contribution in [3.63, 3.8) is 0 Å². The maximum absolute atomic E-state index is 13.2. The molecule has 0 aliphatic carbocycles. The van der Waals surface area contributed by atoms with E-state index in [1.165, 1.54) is 12.3 Å². The van der Waals surface area contributed by atoms with Gasteiger partial charge in [0, 0.05) is 24.4 Å². The summed E-state index contributed by atoms with van der Waals surface area (Å²) in [6, 6.07) is 10.4. The van der Waals surface area contributed by atoms with Crippen molar-refractivity contribution in [3.05, 3.63) is 65.7 Å². The predicted molar refractivity (Wildman–Crippen MR) is 88.5 cm³/mol. The molecule has 2 amide bonds. The van der Waals surface area contributed by atoms with Gasteiger partial charge in [0.25, 0.3) is 5.91 Å². The van der Waals surface area contributed by atoms with E-state index in [1.54, 1.807) is 24.3 Å². The van der Waals surface area contributed by atoms with Crippen LogP contribution in [-0.4, -0.2) is 29.5 Å². The summed E-state index contributed by atoms with van der Waals surface area (Å²) in [6.07, 6.45) is 1.72. The normalized spacial score (nSPS) is 17.7. The number of nitrogens with zero attached hydrogens (tertiary/aromatic N) is 1. The third kappa shape index (κ3) is 4.37. The molecule has 1 aliphatic rings. The van der Waals surface area contributed by atoms with Gasteiger partial charge >= 0.3 is 0 Å². The molecule has 0 spiro atoms. The summed E-state index contributed by atoms with van der Waals surface area (Å²) in [6.45, 7) is 0.740. The van der Waals surface area contributed by atoms with Gasteiger partial charge in [-0.3, -0.25) is 15.0 Å². The fourth-order valence-corrected chi connectivity index (χ4v) is 2.55. The summed E-state index contributed by atoms with van der Waals surface area (Å²) in [4.78, 5) is 28.5. The van der Waals surface area contributed by atoms with Crippen LogP contribution in [0.4, 0.5) is 4.39 Å². The highest BCUT2D eigenvalue weighted by molar-refractivity contribution is 5.97. The zero-order valence-corrected chi connectivity index (χ0v) is 13.3. The van der Waals surface area contributed by atoms with Crippen molar-refractivity contribution in [3.8, 4) is 0 Å². The van der Waals surface area contributed by atoms with Crippen LogP contribution in [0.5, 0.6) is 0 Å². The van der Waals surface area contributed by atoms with Crippen molar-refractivity contribution in [2.75, 3.05) is 6.54 Å². The minimum Gasteiger partial charge on any atom is -0.337 e. The standard InChI is InChI=1S/C17H18FN5O2/c18-13-10-12(6-8-19-13)16(24)22-15(11-4-2-1-3-5-11)17(25)21-14-7-9-20-23-14/h1-6,8,10,14-15,20,23H,7,9H2,(H,21,25)(H,22,24). The van der Waals surface area contributed by atoms with Crippen molar-refractivity contribution in [1.29, 1.82) is 0 Å². The maximum atomic E-state index is 13.2. The Hall–Kier alpha value is -2.84. The molecule has 2 unspecified atom stereocenters. The highest BCUT2D eigenvalue weighted by Crippen LogP contribution is 2.15. The molecule has 1 aromatic carbocycles. The van der Waals surface area contributed by atoms with Crippen molar-refractivity contribution in [2.24, 2.45) is 0 Å². The summed E-state index contributed by atoms with van der Waals surface area (Å²) in [7, 11) is 0. The van der Waals surface area contributed by atoms with Crippen LogP contribution in [0.2, 0.25) is 0 Å². The smallest absolute Gasteiger partial charge is 0.252 e. The van der Waals surface area contributed by atoms with E-state index in [1.807, 2.05) is 6.07 Å². The molecular formula is C17H18FN5O2. The second kappa shape index (κ2) is 7.82. The second-order valence-electron chi connectivity index (χ2n) is 5.61. The Bertz CT molecular complexity index is 750. The number of hydrazine groups is 1.